The van der Waals surface area contributed by atoms with Crippen LogP contribution in [0.15, 0.2) is 42.6 Å². The van der Waals surface area contributed by atoms with Crippen molar-refractivity contribution in [2.45, 2.75) is 18.9 Å². The molecule has 0 bridgehead atoms. The Morgan fingerprint density at radius 2 is 1.90 bits per heavy atom. The number of hydrogen-bond donors (Lipinski definition) is 2. The molecule has 0 aliphatic heterocycles. The van der Waals surface area contributed by atoms with Gasteiger partial charge in [0.15, 0.2) is 0 Å². The van der Waals surface area contributed by atoms with E-state index in [9.17, 15) is 18.4 Å². The van der Waals surface area contributed by atoms with Crippen LogP contribution in [0.25, 0.3) is 0 Å². The molecule has 0 spiro atoms. The molecule has 154 valence electrons. The van der Waals surface area contributed by atoms with Gasteiger partial charge < -0.3 is 10.6 Å². The lowest BCUT2D eigenvalue weighted by Gasteiger charge is -2.15. The number of nitrogens with one attached hydrogen (secondary N) is 2. The third-order valence-electron chi connectivity index (χ3n) is 5.01. The summed E-state index contributed by atoms with van der Waals surface area (Å²) in [6, 6.07) is 7.44. The lowest BCUT2D eigenvalue weighted by atomic mass is 10.0. The summed E-state index contributed by atoms with van der Waals surface area (Å²) in [6.07, 6.45) is 2.52. The minimum absolute atomic E-state index is 0.116. The second-order valence-corrected chi connectivity index (χ2v) is 7.42. The summed E-state index contributed by atoms with van der Waals surface area (Å²) in [4.78, 5) is 25.2. The second-order valence-electron chi connectivity index (χ2n) is 7.01. The number of fused-ring (bicyclic) bond motifs is 1. The van der Waals surface area contributed by atoms with Crippen molar-refractivity contribution >= 4 is 29.1 Å². The quantitative estimate of drug-likeness (QED) is 0.656. The molecule has 0 saturated heterocycles. The van der Waals surface area contributed by atoms with E-state index in [1.54, 1.807) is 19.3 Å². The van der Waals surface area contributed by atoms with Crippen LogP contribution in [0, 0.1) is 11.6 Å². The van der Waals surface area contributed by atoms with Crippen molar-refractivity contribution in [2.75, 3.05) is 5.32 Å². The first-order chi connectivity index (χ1) is 14.3. The Hall–Kier alpha value is -3.26. The lowest BCUT2D eigenvalue weighted by molar-refractivity contribution is 0.0930. The van der Waals surface area contributed by atoms with Crippen molar-refractivity contribution in [3.8, 4) is 0 Å². The number of aryl methyl sites for hydroxylation is 1. The summed E-state index contributed by atoms with van der Waals surface area (Å²) in [5, 5.41) is 9.37. The smallest absolute Gasteiger partial charge is 0.272 e. The molecule has 2 amide bonds. The third kappa shape index (κ3) is 3.78. The minimum atomic E-state index is -0.594. The molecule has 0 fully saturated rings. The summed E-state index contributed by atoms with van der Waals surface area (Å²) >= 11 is 5.75. The Morgan fingerprint density at radius 3 is 2.60 bits per heavy atom. The maximum absolute atomic E-state index is 14.6. The number of carbonyl (C=O) groups is 2. The van der Waals surface area contributed by atoms with Crippen LogP contribution in [0.3, 0.4) is 0 Å². The Kier molecular flexibility index (Phi) is 5.26. The molecule has 4 rings (SSSR count). The number of benzene rings is 2. The Balaban J connectivity index is 1.58. The van der Waals surface area contributed by atoms with E-state index in [0.29, 0.717) is 35.2 Å². The third-order valence-corrected chi connectivity index (χ3v) is 5.30. The number of amides is 2. The van der Waals surface area contributed by atoms with E-state index in [2.05, 4.69) is 15.7 Å². The highest BCUT2D eigenvalue weighted by molar-refractivity contribution is 6.31. The molecule has 1 aliphatic rings. The number of rotatable bonds is 4. The summed E-state index contributed by atoms with van der Waals surface area (Å²) in [6.45, 7) is 0. The van der Waals surface area contributed by atoms with E-state index in [0.717, 1.165) is 6.07 Å². The highest BCUT2D eigenvalue weighted by atomic mass is 35.5. The molecule has 1 aromatic heterocycles. The van der Waals surface area contributed by atoms with E-state index >= 15 is 0 Å². The Bertz CT molecular complexity index is 1160. The monoisotopic (exact) mass is 430 g/mol. The molecule has 1 heterocycles. The standard InChI is InChI=1S/C21H17ClF2N4O2/c1-28-9-8-18(27-28)21(30)26-17-7-4-12-13(3-6-16(24)19(12)17)20(29)25-11-2-5-15(23)14(22)10-11/h2-3,5-6,8-10,17H,4,7H2,1H3,(H,25,29)(H,26,30)/t17-/m0/s1. The first-order valence-electron chi connectivity index (χ1n) is 9.21. The Labute approximate surface area is 175 Å². The molecule has 2 aromatic carbocycles. The Morgan fingerprint density at radius 1 is 1.13 bits per heavy atom. The average molecular weight is 431 g/mol. The number of halogens is 3. The molecule has 9 heteroatoms. The zero-order valence-electron chi connectivity index (χ0n) is 15.9. The van der Waals surface area contributed by atoms with Crippen molar-refractivity contribution in [1.82, 2.24) is 15.1 Å². The van der Waals surface area contributed by atoms with Crippen molar-refractivity contribution in [2.24, 2.45) is 7.05 Å². The van der Waals surface area contributed by atoms with Gasteiger partial charge in [-0.3, -0.25) is 14.3 Å². The summed E-state index contributed by atoms with van der Waals surface area (Å²) in [5.41, 5.74) is 1.67. The fourth-order valence-electron chi connectivity index (χ4n) is 3.61. The van der Waals surface area contributed by atoms with Gasteiger partial charge in [0.25, 0.3) is 11.8 Å². The predicted octanol–water partition coefficient (Wildman–Crippen LogP) is 4.02. The van der Waals surface area contributed by atoms with Crippen LogP contribution in [-0.4, -0.2) is 21.6 Å². The molecule has 3 aromatic rings. The highest BCUT2D eigenvalue weighted by Gasteiger charge is 2.31. The molecule has 0 radical (unpaired) electrons. The molecular weight excluding hydrogens is 414 g/mol. The van der Waals surface area contributed by atoms with E-state index < -0.39 is 29.5 Å². The van der Waals surface area contributed by atoms with Gasteiger partial charge in [0.05, 0.1) is 11.1 Å². The summed E-state index contributed by atoms with van der Waals surface area (Å²) in [5.74, 6) is -1.96. The topological polar surface area (TPSA) is 76.0 Å². The fourth-order valence-corrected chi connectivity index (χ4v) is 3.79. The van der Waals surface area contributed by atoms with Crippen LogP contribution in [0.1, 0.15) is 44.4 Å². The maximum Gasteiger partial charge on any atom is 0.272 e. The molecule has 0 unspecified atom stereocenters. The van der Waals surface area contributed by atoms with Gasteiger partial charge >= 0.3 is 0 Å². The molecule has 1 aliphatic carbocycles. The number of anilines is 1. The maximum atomic E-state index is 14.6. The van der Waals surface area contributed by atoms with E-state index in [4.69, 9.17) is 11.6 Å². The highest BCUT2D eigenvalue weighted by Crippen LogP contribution is 2.36. The molecule has 30 heavy (non-hydrogen) atoms. The van der Waals surface area contributed by atoms with Gasteiger partial charge in [-0.15, -0.1) is 0 Å². The zero-order valence-corrected chi connectivity index (χ0v) is 16.6. The van der Waals surface area contributed by atoms with E-state index in [1.807, 2.05) is 0 Å². The van der Waals surface area contributed by atoms with Crippen molar-refractivity contribution in [3.05, 3.63) is 81.6 Å². The molecule has 0 saturated carbocycles. The van der Waals surface area contributed by atoms with Crippen molar-refractivity contribution in [3.63, 3.8) is 0 Å². The number of carbonyl (C=O) groups excluding carboxylic acids is 2. The molecular formula is C21H17ClF2N4O2. The van der Waals surface area contributed by atoms with Gasteiger partial charge in [0, 0.05) is 30.1 Å². The van der Waals surface area contributed by atoms with Crippen LogP contribution in [0.4, 0.5) is 14.5 Å². The first-order valence-corrected chi connectivity index (χ1v) is 9.59. The van der Waals surface area contributed by atoms with Crippen LogP contribution in [0.2, 0.25) is 5.02 Å². The normalized spacial score (nSPS) is 15.0. The fraction of sp³-hybridized carbons (Fsp3) is 0.190. The number of hydrogen-bond acceptors (Lipinski definition) is 3. The zero-order chi connectivity index (χ0) is 21.4. The van der Waals surface area contributed by atoms with E-state index in [-0.39, 0.29) is 10.7 Å². The van der Waals surface area contributed by atoms with Crippen LogP contribution >= 0.6 is 11.6 Å². The van der Waals surface area contributed by atoms with Crippen LogP contribution < -0.4 is 10.6 Å². The summed E-state index contributed by atoms with van der Waals surface area (Å²) < 4.78 is 29.4. The van der Waals surface area contributed by atoms with Crippen LogP contribution in [0.5, 0.6) is 0 Å². The van der Waals surface area contributed by atoms with Gasteiger partial charge in [-0.2, -0.15) is 5.10 Å². The van der Waals surface area contributed by atoms with Gasteiger partial charge in [-0.25, -0.2) is 8.78 Å². The van der Waals surface area contributed by atoms with Gasteiger partial charge in [-0.05, 0) is 54.8 Å². The number of aromatic nitrogens is 2. The van der Waals surface area contributed by atoms with Gasteiger partial charge in [-0.1, -0.05) is 11.6 Å². The largest absolute Gasteiger partial charge is 0.344 e. The van der Waals surface area contributed by atoms with Gasteiger partial charge in [0.2, 0.25) is 0 Å². The number of nitrogens with zero attached hydrogens (tertiary/aromatic N) is 2. The van der Waals surface area contributed by atoms with E-state index in [1.165, 1.54) is 28.9 Å². The van der Waals surface area contributed by atoms with Crippen molar-refractivity contribution in [1.29, 1.82) is 0 Å². The predicted molar refractivity (Wildman–Crippen MR) is 107 cm³/mol. The molecule has 6 nitrogen and oxygen atoms in total. The SMILES string of the molecule is Cn1ccc(C(=O)N[C@H]2CCc3c(C(=O)Nc4ccc(F)c(Cl)c4)ccc(F)c32)n1. The molecule has 1 atom stereocenters. The average Bonchev–Trinajstić information content (AvgIpc) is 3.32. The minimum Gasteiger partial charge on any atom is -0.344 e. The second kappa shape index (κ2) is 7.87. The molecule has 2 N–H and O–H groups in total. The first kappa shape index (κ1) is 20.0. The lowest BCUT2D eigenvalue weighted by Crippen LogP contribution is -2.28. The summed E-state index contributed by atoms with van der Waals surface area (Å²) in [7, 11) is 1.69. The van der Waals surface area contributed by atoms with Crippen LogP contribution in [-0.2, 0) is 13.5 Å². The van der Waals surface area contributed by atoms with Gasteiger partial charge in [0.1, 0.15) is 17.3 Å². The van der Waals surface area contributed by atoms with Crippen molar-refractivity contribution < 1.29 is 18.4 Å².